The van der Waals surface area contributed by atoms with Crippen molar-refractivity contribution in [1.82, 2.24) is 5.32 Å². The molecule has 4 heteroatoms. The van der Waals surface area contributed by atoms with E-state index in [9.17, 15) is 0 Å². The summed E-state index contributed by atoms with van der Waals surface area (Å²) in [6.07, 6.45) is 3.46. The van der Waals surface area contributed by atoms with E-state index >= 15 is 0 Å². The lowest BCUT2D eigenvalue weighted by Crippen LogP contribution is -2.31. The molecule has 0 aromatic heterocycles. The molecule has 3 rings (SSSR count). The van der Waals surface area contributed by atoms with E-state index in [4.69, 9.17) is 14.2 Å². The SMILES string of the molecule is CCNCC1CCCOC1c1ccc2c(c1)OCCCO2. The van der Waals surface area contributed by atoms with Gasteiger partial charge in [0.2, 0.25) is 0 Å². The molecule has 0 saturated carbocycles. The van der Waals surface area contributed by atoms with Crippen LogP contribution in [0, 0.1) is 5.92 Å². The Bertz CT molecular complexity index is 463. The standard InChI is InChI=1S/C17H25NO3/c1-2-18-12-14-5-3-8-21-17(14)13-6-7-15-16(11-13)20-10-4-9-19-15/h6-7,11,14,17-18H,2-5,8-10,12H2,1H3. The summed E-state index contributed by atoms with van der Waals surface area (Å²) in [6.45, 7) is 6.46. The fraction of sp³-hybridized carbons (Fsp3) is 0.647. The van der Waals surface area contributed by atoms with Gasteiger partial charge in [-0.25, -0.2) is 0 Å². The third kappa shape index (κ3) is 3.50. The average Bonchev–Trinajstić information content (AvgIpc) is 2.77. The van der Waals surface area contributed by atoms with Gasteiger partial charge in [-0.15, -0.1) is 0 Å². The van der Waals surface area contributed by atoms with E-state index in [0.717, 1.165) is 57.3 Å². The van der Waals surface area contributed by atoms with Crippen molar-refractivity contribution in [3.8, 4) is 11.5 Å². The van der Waals surface area contributed by atoms with Crippen LogP contribution in [-0.2, 0) is 4.74 Å². The zero-order valence-electron chi connectivity index (χ0n) is 12.8. The number of ether oxygens (including phenoxy) is 3. The predicted octanol–water partition coefficient (Wildman–Crippen LogP) is 2.93. The molecule has 2 heterocycles. The van der Waals surface area contributed by atoms with Crippen LogP contribution in [0.15, 0.2) is 18.2 Å². The van der Waals surface area contributed by atoms with Gasteiger partial charge in [0.15, 0.2) is 11.5 Å². The molecule has 2 aliphatic heterocycles. The molecule has 1 aromatic carbocycles. The highest BCUT2D eigenvalue weighted by Gasteiger charge is 2.28. The molecule has 2 aliphatic rings. The van der Waals surface area contributed by atoms with Crippen LogP contribution in [-0.4, -0.2) is 32.9 Å². The minimum Gasteiger partial charge on any atom is -0.490 e. The van der Waals surface area contributed by atoms with Gasteiger partial charge >= 0.3 is 0 Å². The zero-order valence-corrected chi connectivity index (χ0v) is 12.8. The Morgan fingerprint density at radius 3 is 2.81 bits per heavy atom. The van der Waals surface area contributed by atoms with E-state index in [1.54, 1.807) is 0 Å². The number of hydrogen-bond acceptors (Lipinski definition) is 4. The fourth-order valence-electron chi connectivity index (χ4n) is 3.11. The van der Waals surface area contributed by atoms with Crippen molar-refractivity contribution in [3.05, 3.63) is 23.8 Å². The first-order valence-corrected chi connectivity index (χ1v) is 8.10. The molecule has 0 aliphatic carbocycles. The molecule has 0 radical (unpaired) electrons. The van der Waals surface area contributed by atoms with Crippen molar-refractivity contribution < 1.29 is 14.2 Å². The minimum atomic E-state index is 0.162. The molecule has 2 unspecified atom stereocenters. The lowest BCUT2D eigenvalue weighted by Gasteiger charge is -2.32. The maximum Gasteiger partial charge on any atom is 0.161 e. The summed E-state index contributed by atoms with van der Waals surface area (Å²) >= 11 is 0. The minimum absolute atomic E-state index is 0.162. The maximum atomic E-state index is 6.06. The average molecular weight is 291 g/mol. The van der Waals surface area contributed by atoms with Crippen LogP contribution in [0.5, 0.6) is 11.5 Å². The molecule has 1 N–H and O–H groups in total. The molecule has 0 amide bonds. The van der Waals surface area contributed by atoms with Crippen LogP contribution in [0.3, 0.4) is 0 Å². The van der Waals surface area contributed by atoms with Gasteiger partial charge in [-0.05, 0) is 37.1 Å². The molecule has 21 heavy (non-hydrogen) atoms. The Morgan fingerprint density at radius 2 is 1.95 bits per heavy atom. The monoisotopic (exact) mass is 291 g/mol. The van der Waals surface area contributed by atoms with Gasteiger partial charge in [-0.1, -0.05) is 13.0 Å². The molecular formula is C17H25NO3. The van der Waals surface area contributed by atoms with Crippen LogP contribution in [0.25, 0.3) is 0 Å². The van der Waals surface area contributed by atoms with Crippen LogP contribution in [0.4, 0.5) is 0 Å². The summed E-state index contributed by atoms with van der Waals surface area (Å²) in [5.41, 5.74) is 1.21. The number of hydrogen-bond donors (Lipinski definition) is 1. The summed E-state index contributed by atoms with van der Waals surface area (Å²) in [6, 6.07) is 6.26. The lowest BCUT2D eigenvalue weighted by molar-refractivity contribution is -0.0277. The Labute approximate surface area is 126 Å². The van der Waals surface area contributed by atoms with Crippen LogP contribution >= 0.6 is 0 Å². The van der Waals surface area contributed by atoms with Crippen molar-refractivity contribution in [3.63, 3.8) is 0 Å². The first-order chi connectivity index (χ1) is 10.4. The summed E-state index contributed by atoms with van der Waals surface area (Å²) in [4.78, 5) is 0. The van der Waals surface area contributed by atoms with E-state index in [1.807, 2.05) is 6.07 Å². The van der Waals surface area contributed by atoms with Gasteiger partial charge in [-0.2, -0.15) is 0 Å². The number of rotatable bonds is 4. The maximum absolute atomic E-state index is 6.06. The molecule has 1 fully saturated rings. The molecular weight excluding hydrogens is 266 g/mol. The highest BCUT2D eigenvalue weighted by Crippen LogP contribution is 2.38. The number of nitrogens with one attached hydrogen (secondary N) is 1. The van der Waals surface area contributed by atoms with Crippen LogP contribution in [0.1, 0.15) is 37.9 Å². The number of fused-ring (bicyclic) bond motifs is 1. The van der Waals surface area contributed by atoms with E-state index in [0.29, 0.717) is 5.92 Å². The van der Waals surface area contributed by atoms with Gasteiger partial charge in [-0.3, -0.25) is 0 Å². The Balaban J connectivity index is 1.79. The third-order valence-corrected chi connectivity index (χ3v) is 4.20. The quantitative estimate of drug-likeness (QED) is 0.926. The normalized spacial score (nSPS) is 25.4. The van der Waals surface area contributed by atoms with Gasteiger partial charge < -0.3 is 19.5 Å². The van der Waals surface area contributed by atoms with Crippen molar-refractivity contribution in [1.29, 1.82) is 0 Å². The predicted molar refractivity (Wildman–Crippen MR) is 82.0 cm³/mol. The van der Waals surface area contributed by atoms with Gasteiger partial charge in [0.05, 0.1) is 19.3 Å². The lowest BCUT2D eigenvalue weighted by atomic mass is 9.89. The molecule has 2 atom stereocenters. The van der Waals surface area contributed by atoms with Gasteiger partial charge in [0, 0.05) is 25.5 Å². The Morgan fingerprint density at radius 1 is 1.10 bits per heavy atom. The molecule has 116 valence electrons. The second kappa shape index (κ2) is 7.14. The highest BCUT2D eigenvalue weighted by molar-refractivity contribution is 5.44. The van der Waals surface area contributed by atoms with E-state index in [1.165, 1.54) is 12.0 Å². The fourth-order valence-corrected chi connectivity index (χ4v) is 3.11. The van der Waals surface area contributed by atoms with Crippen molar-refractivity contribution >= 4 is 0 Å². The number of benzene rings is 1. The second-order valence-corrected chi connectivity index (χ2v) is 5.76. The third-order valence-electron chi connectivity index (χ3n) is 4.20. The Hall–Kier alpha value is -1.26. The largest absolute Gasteiger partial charge is 0.490 e. The first-order valence-electron chi connectivity index (χ1n) is 8.10. The molecule has 0 spiro atoms. The van der Waals surface area contributed by atoms with Crippen LogP contribution in [0.2, 0.25) is 0 Å². The highest BCUT2D eigenvalue weighted by atomic mass is 16.5. The molecule has 0 bridgehead atoms. The molecule has 4 nitrogen and oxygen atoms in total. The molecule has 1 saturated heterocycles. The summed E-state index contributed by atoms with van der Waals surface area (Å²) in [5, 5.41) is 3.45. The van der Waals surface area contributed by atoms with Gasteiger partial charge in [0.1, 0.15) is 0 Å². The van der Waals surface area contributed by atoms with E-state index in [-0.39, 0.29) is 6.10 Å². The van der Waals surface area contributed by atoms with Crippen molar-refractivity contribution in [2.75, 3.05) is 32.9 Å². The van der Waals surface area contributed by atoms with Gasteiger partial charge in [0.25, 0.3) is 0 Å². The summed E-state index contributed by atoms with van der Waals surface area (Å²) < 4.78 is 17.6. The second-order valence-electron chi connectivity index (χ2n) is 5.76. The smallest absolute Gasteiger partial charge is 0.161 e. The molecule has 1 aromatic rings. The van der Waals surface area contributed by atoms with E-state index < -0.39 is 0 Å². The van der Waals surface area contributed by atoms with Crippen molar-refractivity contribution in [2.45, 2.75) is 32.3 Å². The summed E-state index contributed by atoms with van der Waals surface area (Å²) in [7, 11) is 0. The van der Waals surface area contributed by atoms with Crippen LogP contribution < -0.4 is 14.8 Å². The van der Waals surface area contributed by atoms with Crippen molar-refractivity contribution in [2.24, 2.45) is 5.92 Å². The summed E-state index contributed by atoms with van der Waals surface area (Å²) in [5.74, 6) is 2.25. The first kappa shape index (κ1) is 14.7. The zero-order chi connectivity index (χ0) is 14.5. The Kier molecular flexibility index (Phi) is 4.99. The topological polar surface area (TPSA) is 39.7 Å². The van der Waals surface area contributed by atoms with E-state index in [2.05, 4.69) is 24.4 Å².